The van der Waals surface area contributed by atoms with Crippen LogP contribution in [0.15, 0.2) is 6.07 Å². The van der Waals surface area contributed by atoms with Crippen LogP contribution in [0, 0.1) is 6.92 Å². The number of nitrogens with two attached hydrogens (primary N) is 1. The highest BCUT2D eigenvalue weighted by Crippen LogP contribution is 2.39. The number of halogens is 2. The van der Waals surface area contributed by atoms with Crippen molar-refractivity contribution in [1.82, 2.24) is 0 Å². The van der Waals surface area contributed by atoms with Gasteiger partial charge < -0.3 is 20.9 Å². The Morgan fingerprint density at radius 1 is 1.50 bits per heavy atom. The van der Waals surface area contributed by atoms with Gasteiger partial charge in [0.15, 0.2) is 12.4 Å². The first-order chi connectivity index (χ1) is 8.32. The van der Waals surface area contributed by atoms with Gasteiger partial charge in [-0.3, -0.25) is 0 Å². The summed E-state index contributed by atoms with van der Waals surface area (Å²) < 4.78 is 5.01. The second-order valence-electron chi connectivity index (χ2n) is 3.35. The number of nitrogens with one attached hydrogen (secondary N) is 1. The molecular weight excluding hydrogens is 283 g/mol. The molecule has 0 unspecified atom stereocenters. The molecule has 1 rings (SSSR count). The first-order valence-electron chi connectivity index (χ1n) is 4.72. The number of urea groups is 1. The topological polar surface area (TPSA) is 102 Å². The van der Waals surface area contributed by atoms with Gasteiger partial charge in [-0.25, -0.2) is 9.59 Å². The van der Waals surface area contributed by atoms with E-state index in [1.165, 1.54) is 6.07 Å². The summed E-state index contributed by atoms with van der Waals surface area (Å²) in [5, 5.41) is 11.2. The number of hydrogen-bond donors (Lipinski definition) is 3. The Balaban J connectivity index is 3.20. The number of anilines is 1. The van der Waals surface area contributed by atoms with E-state index in [0.717, 1.165) is 0 Å². The molecule has 0 aromatic heterocycles. The molecule has 0 spiro atoms. The van der Waals surface area contributed by atoms with E-state index in [0.29, 0.717) is 10.6 Å². The number of carboxylic acid groups (broad SMARTS) is 1. The molecule has 0 fully saturated rings. The molecule has 18 heavy (non-hydrogen) atoms. The maximum Gasteiger partial charge on any atom is 0.341 e. The molecule has 0 aliphatic rings. The number of amides is 2. The van der Waals surface area contributed by atoms with Crippen molar-refractivity contribution in [3.8, 4) is 5.75 Å². The molecule has 0 atom stereocenters. The minimum absolute atomic E-state index is 0.0137. The summed E-state index contributed by atoms with van der Waals surface area (Å²) in [5.41, 5.74) is 5.60. The number of aliphatic carboxylic acids is 1. The van der Waals surface area contributed by atoms with Gasteiger partial charge in [-0.15, -0.1) is 0 Å². The van der Waals surface area contributed by atoms with Gasteiger partial charge in [0.25, 0.3) is 0 Å². The zero-order chi connectivity index (χ0) is 13.9. The summed E-state index contributed by atoms with van der Waals surface area (Å²) in [6.45, 7) is 1.03. The molecule has 1 aromatic rings. The summed E-state index contributed by atoms with van der Waals surface area (Å²) in [5.74, 6) is -1.16. The first kappa shape index (κ1) is 14.4. The molecule has 2 amide bonds. The zero-order valence-corrected chi connectivity index (χ0v) is 10.8. The van der Waals surface area contributed by atoms with E-state index in [9.17, 15) is 9.59 Å². The van der Waals surface area contributed by atoms with Gasteiger partial charge in [-0.05, 0) is 18.6 Å². The number of hydrogen-bond acceptors (Lipinski definition) is 3. The fraction of sp³-hybridized carbons (Fsp3) is 0.200. The second kappa shape index (κ2) is 5.79. The normalized spacial score (nSPS) is 9.94. The van der Waals surface area contributed by atoms with Crippen LogP contribution in [0.1, 0.15) is 5.56 Å². The lowest BCUT2D eigenvalue weighted by molar-refractivity contribution is -0.139. The molecule has 0 heterocycles. The van der Waals surface area contributed by atoms with Gasteiger partial charge in [-0.2, -0.15) is 0 Å². The van der Waals surface area contributed by atoms with Crippen molar-refractivity contribution in [1.29, 1.82) is 0 Å². The van der Waals surface area contributed by atoms with Crippen LogP contribution in [0.4, 0.5) is 10.5 Å². The van der Waals surface area contributed by atoms with E-state index in [1.54, 1.807) is 6.92 Å². The predicted molar refractivity (Wildman–Crippen MR) is 67.5 cm³/mol. The number of ether oxygens (including phenoxy) is 1. The van der Waals surface area contributed by atoms with E-state index >= 15 is 0 Å². The van der Waals surface area contributed by atoms with Crippen molar-refractivity contribution in [3.63, 3.8) is 0 Å². The van der Waals surface area contributed by atoms with Crippen molar-refractivity contribution in [2.75, 3.05) is 11.9 Å². The third kappa shape index (κ3) is 3.41. The molecule has 4 N–H and O–H groups in total. The maximum absolute atomic E-state index is 10.8. The van der Waals surface area contributed by atoms with Gasteiger partial charge in [0.05, 0.1) is 10.7 Å². The fourth-order valence-electron chi connectivity index (χ4n) is 1.19. The monoisotopic (exact) mass is 292 g/mol. The van der Waals surface area contributed by atoms with Crippen LogP contribution in [0.2, 0.25) is 10.0 Å². The standard InChI is InChI=1S/C10H10Cl2N2O4/c1-4-5(11)2-6(14-10(13)17)9(8(4)12)18-3-7(15)16/h2H,3H2,1H3,(H,15,16)(H3,13,14,17). The summed E-state index contributed by atoms with van der Waals surface area (Å²) in [6, 6.07) is 0.538. The lowest BCUT2D eigenvalue weighted by Crippen LogP contribution is -2.20. The number of rotatable bonds is 4. The molecule has 0 aliphatic heterocycles. The van der Waals surface area contributed by atoms with E-state index in [2.05, 4.69) is 5.32 Å². The van der Waals surface area contributed by atoms with Crippen molar-refractivity contribution >= 4 is 40.9 Å². The van der Waals surface area contributed by atoms with Crippen molar-refractivity contribution in [3.05, 3.63) is 21.7 Å². The Morgan fingerprint density at radius 2 is 2.11 bits per heavy atom. The zero-order valence-electron chi connectivity index (χ0n) is 9.29. The van der Waals surface area contributed by atoms with Crippen molar-refractivity contribution in [2.45, 2.75) is 6.92 Å². The molecule has 98 valence electrons. The lowest BCUT2D eigenvalue weighted by atomic mass is 10.2. The van der Waals surface area contributed by atoms with Crippen LogP contribution >= 0.6 is 23.2 Å². The highest BCUT2D eigenvalue weighted by atomic mass is 35.5. The molecule has 6 nitrogen and oxygen atoms in total. The van der Waals surface area contributed by atoms with Gasteiger partial charge in [-0.1, -0.05) is 23.2 Å². The Morgan fingerprint density at radius 3 is 2.61 bits per heavy atom. The molecule has 1 aromatic carbocycles. The molecule has 0 saturated carbocycles. The number of primary amides is 1. The average Bonchev–Trinajstić information content (AvgIpc) is 2.24. The van der Waals surface area contributed by atoms with Crippen LogP contribution in [0.5, 0.6) is 5.75 Å². The Labute approximate surface area is 113 Å². The van der Waals surface area contributed by atoms with Gasteiger partial charge in [0, 0.05) is 5.02 Å². The molecule has 0 aliphatic carbocycles. The van der Waals surface area contributed by atoms with E-state index in [1.807, 2.05) is 0 Å². The molecule has 0 saturated heterocycles. The largest absolute Gasteiger partial charge is 0.479 e. The average molecular weight is 293 g/mol. The van der Waals surface area contributed by atoms with Crippen molar-refractivity contribution < 1.29 is 19.4 Å². The van der Waals surface area contributed by atoms with E-state index in [4.69, 9.17) is 38.8 Å². The maximum atomic E-state index is 10.8. The van der Waals surface area contributed by atoms with Crippen LogP contribution in [-0.4, -0.2) is 23.7 Å². The predicted octanol–water partition coefficient (Wildman–Crippen LogP) is 2.26. The Bertz CT molecular complexity index is 505. The number of carbonyl (C=O) groups is 2. The van der Waals surface area contributed by atoms with Crippen LogP contribution in [0.3, 0.4) is 0 Å². The number of carbonyl (C=O) groups excluding carboxylic acids is 1. The fourth-order valence-corrected chi connectivity index (χ4v) is 1.70. The third-order valence-electron chi connectivity index (χ3n) is 2.00. The molecule has 8 heteroatoms. The minimum Gasteiger partial charge on any atom is -0.479 e. The summed E-state index contributed by atoms with van der Waals surface area (Å²) in [7, 11) is 0. The lowest BCUT2D eigenvalue weighted by Gasteiger charge is -2.14. The van der Waals surface area contributed by atoms with Crippen LogP contribution < -0.4 is 15.8 Å². The van der Waals surface area contributed by atoms with Gasteiger partial charge >= 0.3 is 12.0 Å². The van der Waals surface area contributed by atoms with E-state index < -0.39 is 18.6 Å². The van der Waals surface area contributed by atoms with Crippen LogP contribution in [0.25, 0.3) is 0 Å². The minimum atomic E-state index is -1.18. The summed E-state index contributed by atoms with van der Waals surface area (Å²) in [4.78, 5) is 21.3. The quantitative estimate of drug-likeness (QED) is 0.792. The number of benzene rings is 1. The molecule has 0 bridgehead atoms. The number of carboxylic acids is 1. The SMILES string of the molecule is Cc1c(Cl)cc(NC(N)=O)c(OCC(=O)O)c1Cl. The van der Waals surface area contributed by atoms with Gasteiger partial charge in [0.2, 0.25) is 0 Å². The van der Waals surface area contributed by atoms with Gasteiger partial charge in [0.1, 0.15) is 0 Å². The van der Waals surface area contributed by atoms with Crippen LogP contribution in [-0.2, 0) is 4.79 Å². The second-order valence-corrected chi connectivity index (χ2v) is 4.13. The highest BCUT2D eigenvalue weighted by Gasteiger charge is 2.16. The van der Waals surface area contributed by atoms with Crippen molar-refractivity contribution in [2.24, 2.45) is 5.73 Å². The highest BCUT2D eigenvalue weighted by molar-refractivity contribution is 6.37. The summed E-state index contributed by atoms with van der Waals surface area (Å²) in [6.07, 6.45) is 0. The molecule has 0 radical (unpaired) electrons. The smallest absolute Gasteiger partial charge is 0.341 e. The first-order valence-corrected chi connectivity index (χ1v) is 5.48. The van der Waals surface area contributed by atoms with E-state index in [-0.39, 0.29) is 16.5 Å². The molecular formula is C10H10Cl2N2O4. The Hall–Kier alpha value is -1.66. The summed E-state index contributed by atoms with van der Waals surface area (Å²) >= 11 is 11.9. The Kier molecular flexibility index (Phi) is 4.63. The third-order valence-corrected chi connectivity index (χ3v) is 2.85.